The molecule has 0 radical (unpaired) electrons. The minimum atomic E-state index is 0. The molecule has 0 atom stereocenters. The maximum atomic E-state index is 7.00. The summed E-state index contributed by atoms with van der Waals surface area (Å²) >= 11 is 0. The Balaban J connectivity index is -0.00000000500. The van der Waals surface area contributed by atoms with Gasteiger partial charge in [-0.3, -0.25) is 0 Å². The van der Waals surface area contributed by atoms with Crippen LogP contribution in [0.5, 0.6) is 0 Å². The molecule has 0 aliphatic rings. The monoisotopic (exact) mass is 64.1 g/mol. The van der Waals surface area contributed by atoms with Gasteiger partial charge in [0.1, 0.15) is 0 Å². The van der Waals surface area contributed by atoms with Crippen molar-refractivity contribution in [3.63, 3.8) is 0 Å². The first-order valence-electron chi connectivity index (χ1n) is 0.447. The van der Waals surface area contributed by atoms with Gasteiger partial charge in [-0.25, -0.2) is 0 Å². The third-order valence-corrected chi connectivity index (χ3v) is 0. The van der Waals surface area contributed by atoms with Crippen LogP contribution in [-0.2, 0) is 0 Å². The van der Waals surface area contributed by atoms with E-state index in [4.69, 9.17) is 5.11 Å². The van der Waals surface area contributed by atoms with Gasteiger partial charge in [-0.1, -0.05) is 0 Å². The largest absolute Gasteiger partial charge is 0.412 e. The van der Waals surface area contributed by atoms with E-state index in [-0.39, 0.29) is 13.9 Å². The Labute approximate surface area is 27.3 Å². The molecule has 0 fully saturated rings. The van der Waals surface area contributed by atoms with Crippen molar-refractivity contribution in [1.82, 2.24) is 0 Å². The van der Waals surface area contributed by atoms with Crippen molar-refractivity contribution >= 4 is 8.41 Å². The third kappa shape index (κ3) is 8480. The van der Waals surface area contributed by atoms with Gasteiger partial charge in [0.05, 0.1) is 8.41 Å². The standard InChI is InChI=1S/CH4O.BH3.H2O/c1-2;;/h2H,1H3;1H3;1H2. The predicted molar refractivity (Wildman–Crippen MR) is 21.7 cm³/mol. The maximum Gasteiger partial charge on any atom is 0.0814 e. The van der Waals surface area contributed by atoms with Crippen molar-refractivity contribution in [2.24, 2.45) is 0 Å². The van der Waals surface area contributed by atoms with Gasteiger partial charge in [-0.15, -0.1) is 0 Å². The molecule has 0 aliphatic carbocycles. The fourth-order valence-corrected chi connectivity index (χ4v) is 0. The summed E-state index contributed by atoms with van der Waals surface area (Å²) < 4.78 is 0. The fraction of sp³-hybridized carbons (Fsp3) is 1.00. The van der Waals surface area contributed by atoms with Crippen molar-refractivity contribution < 1.29 is 10.6 Å². The average Bonchev–Trinajstić information content (AvgIpc) is 1.00. The molecule has 28 valence electrons. The summed E-state index contributed by atoms with van der Waals surface area (Å²) in [4.78, 5) is 0. The van der Waals surface area contributed by atoms with Gasteiger partial charge in [-0.2, -0.15) is 0 Å². The molecular formula is CH9BO2. The minimum absolute atomic E-state index is 0. The highest BCUT2D eigenvalue weighted by molar-refractivity contribution is 5.75. The Hall–Kier alpha value is -0.0151. The van der Waals surface area contributed by atoms with E-state index in [1.165, 1.54) is 0 Å². The highest BCUT2D eigenvalue weighted by Gasteiger charge is 0.839. The molecule has 0 spiro atoms. The van der Waals surface area contributed by atoms with Gasteiger partial charge in [0.25, 0.3) is 0 Å². The van der Waals surface area contributed by atoms with Gasteiger partial charge < -0.3 is 10.6 Å². The first-order valence-corrected chi connectivity index (χ1v) is 0.447. The van der Waals surface area contributed by atoms with Crippen LogP contribution in [0.4, 0.5) is 0 Å². The van der Waals surface area contributed by atoms with Crippen molar-refractivity contribution in [3.05, 3.63) is 0 Å². The average molecular weight is 63.9 g/mol. The Morgan fingerprint density at radius 3 is 1.25 bits per heavy atom. The summed E-state index contributed by atoms with van der Waals surface area (Å²) in [6.45, 7) is 0. The summed E-state index contributed by atoms with van der Waals surface area (Å²) in [6.07, 6.45) is 0. The van der Waals surface area contributed by atoms with Gasteiger partial charge in [0.15, 0.2) is 0 Å². The number of aliphatic hydroxyl groups is 1. The molecule has 0 saturated carbocycles. The lowest BCUT2D eigenvalue weighted by Gasteiger charge is -1.21. The first kappa shape index (κ1) is 36.6. The Bertz CT molecular complexity index is 6.00. The molecule has 0 rings (SSSR count). The number of aliphatic hydroxyl groups excluding tert-OH is 1. The van der Waals surface area contributed by atoms with Crippen LogP contribution in [0.1, 0.15) is 0 Å². The second-order valence-corrected chi connectivity index (χ2v) is 0. The molecule has 0 bridgehead atoms. The number of rotatable bonds is 0. The molecule has 2 nitrogen and oxygen atoms in total. The Morgan fingerprint density at radius 1 is 1.25 bits per heavy atom. The van der Waals surface area contributed by atoms with Crippen LogP contribution >= 0.6 is 0 Å². The van der Waals surface area contributed by atoms with Crippen molar-refractivity contribution in [2.75, 3.05) is 7.11 Å². The summed E-state index contributed by atoms with van der Waals surface area (Å²) in [5.41, 5.74) is 0. The molecule has 3 heteroatoms. The van der Waals surface area contributed by atoms with E-state index < -0.39 is 0 Å². The minimum Gasteiger partial charge on any atom is -0.412 e. The smallest absolute Gasteiger partial charge is 0.0814 e. The molecule has 0 amide bonds. The van der Waals surface area contributed by atoms with Crippen molar-refractivity contribution in [2.45, 2.75) is 0 Å². The van der Waals surface area contributed by atoms with E-state index in [0.29, 0.717) is 0 Å². The van der Waals surface area contributed by atoms with E-state index >= 15 is 0 Å². The van der Waals surface area contributed by atoms with Crippen molar-refractivity contribution in [1.29, 1.82) is 0 Å². The molecule has 4 heavy (non-hydrogen) atoms. The second kappa shape index (κ2) is 51800. The van der Waals surface area contributed by atoms with E-state index in [1.807, 2.05) is 0 Å². The summed E-state index contributed by atoms with van der Waals surface area (Å²) in [5, 5.41) is 7.00. The molecule has 0 unspecified atom stereocenters. The molecular weight excluding hydrogens is 54.8 g/mol. The Kier molecular flexibility index (Phi) is 474000. The predicted octanol–water partition coefficient (Wildman–Crippen LogP) is -2.40. The SMILES string of the molecule is B.CO.O. The normalized spacial score (nSPS) is 1.50. The van der Waals surface area contributed by atoms with Crippen molar-refractivity contribution in [3.8, 4) is 0 Å². The van der Waals surface area contributed by atoms with E-state index in [0.717, 1.165) is 7.11 Å². The van der Waals surface area contributed by atoms with E-state index in [9.17, 15) is 0 Å². The molecule has 0 aromatic heterocycles. The van der Waals surface area contributed by atoms with Crippen LogP contribution in [0.3, 0.4) is 0 Å². The first-order chi connectivity index (χ1) is 1.00. The van der Waals surface area contributed by atoms with Gasteiger partial charge in [0, 0.05) is 7.11 Å². The molecule has 3 N–H and O–H groups in total. The molecule has 0 aliphatic heterocycles. The van der Waals surface area contributed by atoms with Crippen LogP contribution in [0, 0.1) is 0 Å². The zero-order chi connectivity index (χ0) is 2.00. The number of hydrogen-bond acceptors (Lipinski definition) is 1. The van der Waals surface area contributed by atoms with Crippen LogP contribution in [0.2, 0.25) is 0 Å². The van der Waals surface area contributed by atoms with Gasteiger partial charge in [-0.05, 0) is 0 Å². The number of hydrogen-bond donors (Lipinski definition) is 1. The quantitative estimate of drug-likeness (QED) is 0.313. The van der Waals surface area contributed by atoms with Crippen LogP contribution in [-0.4, -0.2) is 26.1 Å². The molecule has 0 aromatic carbocycles. The van der Waals surface area contributed by atoms with Crippen LogP contribution < -0.4 is 0 Å². The lowest BCUT2D eigenvalue weighted by molar-refractivity contribution is 0.399. The van der Waals surface area contributed by atoms with Gasteiger partial charge in [0.2, 0.25) is 0 Å². The molecule has 0 aromatic rings. The van der Waals surface area contributed by atoms with Crippen LogP contribution in [0.25, 0.3) is 0 Å². The zero-order valence-electron chi connectivity index (χ0n) is 1.95. The maximum absolute atomic E-state index is 7.00. The lowest BCUT2D eigenvalue weighted by atomic mass is 10.8. The van der Waals surface area contributed by atoms with E-state index in [2.05, 4.69) is 0 Å². The fourth-order valence-electron chi connectivity index (χ4n) is 0. The lowest BCUT2D eigenvalue weighted by Crippen LogP contribution is -1.25. The zero-order valence-corrected chi connectivity index (χ0v) is 1.95. The highest BCUT2D eigenvalue weighted by Crippen LogP contribution is 0.755. The highest BCUT2D eigenvalue weighted by atomic mass is 16.2. The van der Waals surface area contributed by atoms with Gasteiger partial charge >= 0.3 is 0 Å². The summed E-state index contributed by atoms with van der Waals surface area (Å²) in [7, 11) is 1.00. The Morgan fingerprint density at radius 2 is 1.25 bits per heavy atom. The summed E-state index contributed by atoms with van der Waals surface area (Å²) in [6, 6.07) is 0. The molecule has 0 heterocycles. The van der Waals surface area contributed by atoms with Crippen LogP contribution in [0.15, 0.2) is 0 Å². The summed E-state index contributed by atoms with van der Waals surface area (Å²) in [5.74, 6) is 0. The third-order valence-electron chi connectivity index (χ3n) is 0. The second-order valence-electron chi connectivity index (χ2n) is 0. The topological polar surface area (TPSA) is 51.7 Å². The van der Waals surface area contributed by atoms with E-state index in [1.54, 1.807) is 0 Å². The molecule has 0 saturated heterocycles.